The second-order valence-electron chi connectivity index (χ2n) is 4.74. The van der Waals surface area contributed by atoms with E-state index < -0.39 is 5.54 Å². The maximum absolute atomic E-state index is 12.5. The van der Waals surface area contributed by atoms with Crippen LogP contribution in [0.4, 0.5) is 0 Å². The van der Waals surface area contributed by atoms with Crippen molar-refractivity contribution < 1.29 is 14.3 Å². The quantitative estimate of drug-likeness (QED) is 0.784. The molecule has 2 rings (SSSR count). The van der Waals surface area contributed by atoms with Crippen LogP contribution in [0.15, 0.2) is 0 Å². The summed E-state index contributed by atoms with van der Waals surface area (Å²) in [5.41, 5.74) is -0.267. The van der Waals surface area contributed by atoms with Gasteiger partial charge in [-0.2, -0.15) is 0 Å². The summed E-state index contributed by atoms with van der Waals surface area (Å²) in [7, 11) is 0. The van der Waals surface area contributed by atoms with Crippen LogP contribution in [0.1, 0.15) is 42.1 Å². The van der Waals surface area contributed by atoms with Gasteiger partial charge in [0.25, 0.3) is 5.91 Å². The van der Waals surface area contributed by atoms with Crippen LogP contribution in [-0.2, 0) is 9.53 Å². The highest BCUT2D eigenvalue weighted by Crippen LogP contribution is 2.32. The summed E-state index contributed by atoms with van der Waals surface area (Å²) in [5, 5.41) is 3.84. The molecule has 2 heterocycles. The molecule has 1 aromatic heterocycles. The standard InChI is InChI=1S/C12H17N3O3S/c1-4-18-11(17)12(3)6-5-7-15(12)10(16)9-8(2)13-14-19-9/h4-7H2,1-3H3. The summed E-state index contributed by atoms with van der Waals surface area (Å²) in [4.78, 5) is 26.7. The van der Waals surface area contributed by atoms with E-state index in [2.05, 4.69) is 9.59 Å². The summed E-state index contributed by atoms with van der Waals surface area (Å²) < 4.78 is 8.87. The lowest BCUT2D eigenvalue weighted by Gasteiger charge is -2.32. The van der Waals surface area contributed by atoms with Gasteiger partial charge < -0.3 is 9.64 Å². The molecular formula is C12H17N3O3S. The molecule has 1 saturated heterocycles. The number of amides is 1. The van der Waals surface area contributed by atoms with Crippen LogP contribution in [0.2, 0.25) is 0 Å². The molecule has 6 nitrogen and oxygen atoms in total. The first kappa shape index (κ1) is 13.9. The predicted molar refractivity (Wildman–Crippen MR) is 70.0 cm³/mol. The first-order valence-electron chi connectivity index (χ1n) is 6.29. The first-order chi connectivity index (χ1) is 9.00. The number of rotatable bonds is 3. The Bertz CT molecular complexity index is 502. The van der Waals surface area contributed by atoms with Crippen molar-refractivity contribution in [3.8, 4) is 0 Å². The van der Waals surface area contributed by atoms with Gasteiger partial charge in [0.05, 0.1) is 12.3 Å². The monoisotopic (exact) mass is 283 g/mol. The van der Waals surface area contributed by atoms with Gasteiger partial charge in [-0.15, -0.1) is 5.10 Å². The van der Waals surface area contributed by atoms with E-state index in [1.54, 1.807) is 25.7 Å². The minimum Gasteiger partial charge on any atom is -0.464 e. The number of carbonyl (C=O) groups excluding carboxylic acids is 2. The molecule has 0 aliphatic carbocycles. The molecule has 1 unspecified atom stereocenters. The number of aromatic nitrogens is 2. The lowest BCUT2D eigenvalue weighted by molar-refractivity contribution is -0.153. The number of hydrogen-bond donors (Lipinski definition) is 0. The predicted octanol–water partition coefficient (Wildman–Crippen LogP) is 1.40. The fourth-order valence-electron chi connectivity index (χ4n) is 2.34. The Balaban J connectivity index is 2.26. The van der Waals surface area contributed by atoms with E-state index in [9.17, 15) is 9.59 Å². The number of likely N-dealkylation sites (tertiary alicyclic amines) is 1. The van der Waals surface area contributed by atoms with E-state index in [-0.39, 0.29) is 11.9 Å². The lowest BCUT2D eigenvalue weighted by atomic mass is 9.99. The Morgan fingerprint density at radius 3 is 2.84 bits per heavy atom. The first-order valence-corrected chi connectivity index (χ1v) is 7.06. The van der Waals surface area contributed by atoms with Crippen LogP contribution in [0.5, 0.6) is 0 Å². The molecule has 1 aromatic rings. The number of ether oxygens (including phenoxy) is 1. The van der Waals surface area contributed by atoms with Gasteiger partial charge >= 0.3 is 5.97 Å². The van der Waals surface area contributed by atoms with Gasteiger partial charge in [0.15, 0.2) is 0 Å². The van der Waals surface area contributed by atoms with E-state index in [0.29, 0.717) is 30.1 Å². The zero-order valence-electron chi connectivity index (χ0n) is 11.3. The maximum Gasteiger partial charge on any atom is 0.331 e. The fraction of sp³-hybridized carbons (Fsp3) is 0.667. The van der Waals surface area contributed by atoms with Crippen molar-refractivity contribution in [2.45, 2.75) is 39.2 Å². The van der Waals surface area contributed by atoms with E-state index in [0.717, 1.165) is 18.0 Å². The Labute approximate surface area is 115 Å². The van der Waals surface area contributed by atoms with Gasteiger partial charge in [0.1, 0.15) is 10.4 Å². The van der Waals surface area contributed by atoms with Gasteiger partial charge in [-0.3, -0.25) is 4.79 Å². The van der Waals surface area contributed by atoms with Gasteiger partial charge in [0.2, 0.25) is 0 Å². The molecule has 104 valence electrons. The summed E-state index contributed by atoms with van der Waals surface area (Å²) in [5.74, 6) is -0.517. The summed E-state index contributed by atoms with van der Waals surface area (Å²) >= 11 is 1.07. The third-order valence-electron chi connectivity index (χ3n) is 3.45. The molecule has 1 aliphatic rings. The third-order valence-corrected chi connectivity index (χ3v) is 4.26. The number of esters is 1. The number of nitrogens with zero attached hydrogens (tertiary/aromatic N) is 3. The average Bonchev–Trinajstić information content (AvgIpc) is 2.96. The van der Waals surface area contributed by atoms with Crippen molar-refractivity contribution in [3.63, 3.8) is 0 Å². The minimum atomic E-state index is -0.872. The Hall–Kier alpha value is -1.50. The Kier molecular flexibility index (Phi) is 3.84. The molecule has 1 amide bonds. The third kappa shape index (κ3) is 2.34. The highest BCUT2D eigenvalue weighted by Gasteiger charge is 2.47. The fourth-order valence-corrected chi connectivity index (χ4v) is 2.94. The number of carbonyl (C=O) groups is 2. The smallest absolute Gasteiger partial charge is 0.331 e. The zero-order valence-corrected chi connectivity index (χ0v) is 12.1. The summed E-state index contributed by atoms with van der Waals surface area (Å²) in [6.07, 6.45) is 1.43. The van der Waals surface area contributed by atoms with E-state index in [1.807, 2.05) is 0 Å². The van der Waals surface area contributed by atoms with Crippen LogP contribution in [0, 0.1) is 6.92 Å². The lowest BCUT2D eigenvalue weighted by Crippen LogP contribution is -2.51. The van der Waals surface area contributed by atoms with Crippen LogP contribution in [-0.4, -0.2) is 45.1 Å². The second-order valence-corrected chi connectivity index (χ2v) is 5.50. The Morgan fingerprint density at radius 1 is 1.53 bits per heavy atom. The van der Waals surface area contributed by atoms with Crippen LogP contribution < -0.4 is 0 Å². The SMILES string of the molecule is CCOC(=O)C1(C)CCCN1C(=O)c1snnc1C. The maximum atomic E-state index is 12.5. The van der Waals surface area contributed by atoms with Gasteiger partial charge in [-0.1, -0.05) is 4.49 Å². The van der Waals surface area contributed by atoms with Crippen molar-refractivity contribution in [1.29, 1.82) is 0 Å². The molecule has 1 fully saturated rings. The second kappa shape index (κ2) is 5.24. The molecule has 0 saturated carbocycles. The van der Waals surface area contributed by atoms with Crippen LogP contribution >= 0.6 is 11.5 Å². The van der Waals surface area contributed by atoms with Gasteiger partial charge in [0, 0.05) is 6.54 Å². The molecule has 19 heavy (non-hydrogen) atoms. The van der Waals surface area contributed by atoms with Crippen molar-refractivity contribution >= 4 is 23.4 Å². The van der Waals surface area contributed by atoms with Gasteiger partial charge in [-0.05, 0) is 45.1 Å². The van der Waals surface area contributed by atoms with Gasteiger partial charge in [-0.25, -0.2) is 4.79 Å². The summed E-state index contributed by atoms with van der Waals surface area (Å²) in [6.45, 7) is 6.15. The molecule has 7 heteroatoms. The van der Waals surface area contributed by atoms with E-state index in [1.165, 1.54) is 0 Å². The topological polar surface area (TPSA) is 72.4 Å². The molecule has 0 N–H and O–H groups in total. The molecule has 0 bridgehead atoms. The molecule has 1 atom stereocenters. The highest BCUT2D eigenvalue weighted by atomic mass is 32.1. The average molecular weight is 283 g/mol. The normalized spacial score (nSPS) is 22.6. The van der Waals surface area contributed by atoms with Crippen molar-refractivity contribution in [1.82, 2.24) is 14.5 Å². The van der Waals surface area contributed by atoms with Crippen LogP contribution in [0.25, 0.3) is 0 Å². The largest absolute Gasteiger partial charge is 0.464 e. The molecule has 0 aromatic carbocycles. The van der Waals surface area contributed by atoms with E-state index >= 15 is 0 Å². The Morgan fingerprint density at radius 2 is 2.26 bits per heavy atom. The van der Waals surface area contributed by atoms with E-state index in [4.69, 9.17) is 4.74 Å². The minimum absolute atomic E-state index is 0.180. The van der Waals surface area contributed by atoms with Crippen molar-refractivity contribution in [3.05, 3.63) is 10.6 Å². The molecule has 0 spiro atoms. The van der Waals surface area contributed by atoms with Crippen molar-refractivity contribution in [2.75, 3.05) is 13.2 Å². The number of aryl methyl sites for hydroxylation is 1. The molecule has 1 aliphatic heterocycles. The highest BCUT2D eigenvalue weighted by molar-refractivity contribution is 7.08. The zero-order chi connectivity index (χ0) is 14.0. The number of hydrogen-bond acceptors (Lipinski definition) is 6. The molecule has 0 radical (unpaired) electrons. The molecular weight excluding hydrogens is 266 g/mol. The summed E-state index contributed by atoms with van der Waals surface area (Å²) in [6, 6.07) is 0. The van der Waals surface area contributed by atoms with Crippen LogP contribution in [0.3, 0.4) is 0 Å². The van der Waals surface area contributed by atoms with Crippen molar-refractivity contribution in [2.24, 2.45) is 0 Å².